The molecule has 1 aromatic carbocycles. The molecular formula is C13H17N3O4. The van der Waals surface area contributed by atoms with Crippen LogP contribution in [-0.4, -0.2) is 38.0 Å². The summed E-state index contributed by atoms with van der Waals surface area (Å²) in [7, 11) is 4.65. The number of rotatable bonds is 6. The highest BCUT2D eigenvalue weighted by molar-refractivity contribution is 5.65. The van der Waals surface area contributed by atoms with Crippen LogP contribution >= 0.6 is 0 Å². The van der Waals surface area contributed by atoms with Gasteiger partial charge in [-0.05, 0) is 18.7 Å². The molecule has 0 aliphatic rings. The van der Waals surface area contributed by atoms with Gasteiger partial charge in [0.1, 0.15) is 0 Å². The van der Waals surface area contributed by atoms with E-state index in [-0.39, 0.29) is 0 Å². The zero-order valence-corrected chi connectivity index (χ0v) is 11.7. The molecule has 20 heavy (non-hydrogen) atoms. The highest BCUT2D eigenvalue weighted by atomic mass is 16.5. The molecule has 7 heteroatoms. The summed E-state index contributed by atoms with van der Waals surface area (Å²) in [5.74, 6) is 2.52. The number of nitrogens with zero attached hydrogens (tertiary/aromatic N) is 2. The van der Waals surface area contributed by atoms with Crippen LogP contribution < -0.4 is 19.9 Å². The Kier molecular flexibility index (Phi) is 4.41. The largest absolute Gasteiger partial charge is 0.493 e. The quantitative estimate of drug-likeness (QED) is 0.850. The molecule has 0 aliphatic carbocycles. The van der Waals surface area contributed by atoms with Crippen LogP contribution in [0.5, 0.6) is 17.2 Å². The first-order chi connectivity index (χ1) is 9.73. The Bertz CT molecular complexity index is 558. The Labute approximate surface area is 116 Å². The molecule has 2 N–H and O–H groups in total. The van der Waals surface area contributed by atoms with Crippen LogP contribution in [0.25, 0.3) is 11.5 Å². The third-order valence-corrected chi connectivity index (χ3v) is 2.75. The molecule has 0 saturated heterocycles. The molecule has 0 unspecified atom stereocenters. The van der Waals surface area contributed by atoms with E-state index in [9.17, 15) is 0 Å². The topological polar surface area (TPSA) is 92.6 Å². The minimum absolute atomic E-state index is 0.382. The second-order valence-electron chi connectivity index (χ2n) is 3.97. The lowest BCUT2D eigenvalue weighted by molar-refractivity contribution is 0.324. The summed E-state index contributed by atoms with van der Waals surface area (Å²) < 4.78 is 21.0. The predicted octanol–water partition coefficient (Wildman–Crippen LogP) is 1.26. The summed E-state index contributed by atoms with van der Waals surface area (Å²) in [4.78, 5) is 4.27. The lowest BCUT2D eigenvalue weighted by Gasteiger charge is -2.12. The second-order valence-corrected chi connectivity index (χ2v) is 3.97. The fourth-order valence-corrected chi connectivity index (χ4v) is 1.81. The van der Waals surface area contributed by atoms with E-state index in [0.717, 1.165) is 0 Å². The van der Waals surface area contributed by atoms with Crippen LogP contribution in [0, 0.1) is 0 Å². The van der Waals surface area contributed by atoms with E-state index in [1.807, 2.05) is 0 Å². The standard InChI is InChI=1S/C13H17N3O4/c1-17-9-6-8(7-10(18-2)12(9)19-3)13-15-11(4-5-14)16-20-13/h6-7H,4-5,14H2,1-3H3. The average molecular weight is 279 g/mol. The van der Waals surface area contributed by atoms with Crippen molar-refractivity contribution in [1.29, 1.82) is 0 Å². The maximum atomic E-state index is 5.46. The minimum Gasteiger partial charge on any atom is -0.493 e. The SMILES string of the molecule is COc1cc(-c2nc(CCN)no2)cc(OC)c1OC. The summed E-state index contributed by atoms with van der Waals surface area (Å²) in [5.41, 5.74) is 6.15. The Balaban J connectivity index is 2.45. The lowest BCUT2D eigenvalue weighted by atomic mass is 10.2. The molecule has 108 valence electrons. The third kappa shape index (κ3) is 2.67. The van der Waals surface area contributed by atoms with E-state index in [1.165, 1.54) is 0 Å². The van der Waals surface area contributed by atoms with Gasteiger partial charge in [-0.15, -0.1) is 0 Å². The molecule has 0 aliphatic heterocycles. The average Bonchev–Trinajstić information content (AvgIpc) is 2.94. The van der Waals surface area contributed by atoms with E-state index in [2.05, 4.69) is 10.1 Å². The van der Waals surface area contributed by atoms with E-state index in [0.29, 0.717) is 47.5 Å². The normalized spacial score (nSPS) is 10.4. The van der Waals surface area contributed by atoms with Gasteiger partial charge in [0, 0.05) is 12.0 Å². The van der Waals surface area contributed by atoms with Gasteiger partial charge in [-0.1, -0.05) is 5.16 Å². The molecule has 2 rings (SSSR count). The number of benzene rings is 1. The van der Waals surface area contributed by atoms with Crippen LogP contribution in [0.1, 0.15) is 5.82 Å². The molecule has 0 saturated carbocycles. The van der Waals surface area contributed by atoms with Gasteiger partial charge in [0.2, 0.25) is 5.75 Å². The number of nitrogens with two attached hydrogens (primary N) is 1. The van der Waals surface area contributed by atoms with Crippen molar-refractivity contribution in [2.75, 3.05) is 27.9 Å². The van der Waals surface area contributed by atoms with Gasteiger partial charge in [-0.25, -0.2) is 0 Å². The number of ether oxygens (including phenoxy) is 3. The fourth-order valence-electron chi connectivity index (χ4n) is 1.81. The Hall–Kier alpha value is -2.28. The first-order valence-electron chi connectivity index (χ1n) is 6.06. The Morgan fingerprint density at radius 1 is 1.10 bits per heavy atom. The van der Waals surface area contributed by atoms with Crippen LogP contribution in [0.3, 0.4) is 0 Å². The van der Waals surface area contributed by atoms with Crippen molar-refractivity contribution in [3.05, 3.63) is 18.0 Å². The van der Waals surface area contributed by atoms with Crippen LogP contribution in [0.4, 0.5) is 0 Å². The summed E-state index contributed by atoms with van der Waals surface area (Å²) in [6.07, 6.45) is 0.563. The fraction of sp³-hybridized carbons (Fsp3) is 0.385. The molecule has 0 spiro atoms. The molecule has 2 aromatic rings. The number of methoxy groups -OCH3 is 3. The molecular weight excluding hydrogens is 262 g/mol. The molecule has 1 heterocycles. The van der Waals surface area contributed by atoms with Crippen molar-refractivity contribution >= 4 is 0 Å². The molecule has 7 nitrogen and oxygen atoms in total. The van der Waals surface area contributed by atoms with Crippen molar-refractivity contribution in [2.24, 2.45) is 5.73 Å². The zero-order chi connectivity index (χ0) is 14.5. The van der Waals surface area contributed by atoms with Gasteiger partial charge in [0.05, 0.1) is 21.3 Å². The van der Waals surface area contributed by atoms with Gasteiger partial charge in [-0.2, -0.15) is 4.98 Å². The van der Waals surface area contributed by atoms with Gasteiger partial charge < -0.3 is 24.5 Å². The van der Waals surface area contributed by atoms with Crippen LogP contribution in [0.15, 0.2) is 16.7 Å². The molecule has 0 fully saturated rings. The van der Waals surface area contributed by atoms with Gasteiger partial charge in [-0.3, -0.25) is 0 Å². The zero-order valence-electron chi connectivity index (χ0n) is 11.7. The smallest absolute Gasteiger partial charge is 0.258 e. The van der Waals surface area contributed by atoms with E-state index in [1.54, 1.807) is 33.5 Å². The highest BCUT2D eigenvalue weighted by Gasteiger charge is 2.17. The maximum absolute atomic E-state index is 5.46. The summed E-state index contributed by atoms with van der Waals surface area (Å²) in [5, 5.41) is 3.86. The Morgan fingerprint density at radius 3 is 2.25 bits per heavy atom. The highest BCUT2D eigenvalue weighted by Crippen LogP contribution is 2.40. The second kappa shape index (κ2) is 6.25. The monoisotopic (exact) mass is 279 g/mol. The van der Waals surface area contributed by atoms with Crippen molar-refractivity contribution < 1.29 is 18.7 Å². The summed E-state index contributed by atoms with van der Waals surface area (Å²) >= 11 is 0. The van der Waals surface area contributed by atoms with Gasteiger partial charge in [0.15, 0.2) is 17.3 Å². The van der Waals surface area contributed by atoms with E-state index in [4.69, 9.17) is 24.5 Å². The number of hydrogen-bond donors (Lipinski definition) is 1. The molecule has 1 aromatic heterocycles. The van der Waals surface area contributed by atoms with E-state index < -0.39 is 0 Å². The summed E-state index contributed by atoms with van der Waals surface area (Å²) in [6.45, 7) is 0.466. The van der Waals surface area contributed by atoms with Crippen molar-refractivity contribution in [1.82, 2.24) is 10.1 Å². The number of hydrogen-bond acceptors (Lipinski definition) is 7. The molecule has 0 radical (unpaired) electrons. The Morgan fingerprint density at radius 2 is 1.75 bits per heavy atom. The predicted molar refractivity (Wildman–Crippen MR) is 72.1 cm³/mol. The maximum Gasteiger partial charge on any atom is 0.258 e. The summed E-state index contributed by atoms with van der Waals surface area (Å²) in [6, 6.07) is 3.50. The molecule has 0 atom stereocenters. The van der Waals surface area contributed by atoms with E-state index >= 15 is 0 Å². The van der Waals surface area contributed by atoms with Crippen LogP contribution in [-0.2, 0) is 6.42 Å². The third-order valence-electron chi connectivity index (χ3n) is 2.75. The number of aromatic nitrogens is 2. The minimum atomic E-state index is 0.382. The molecule has 0 bridgehead atoms. The van der Waals surface area contributed by atoms with Crippen molar-refractivity contribution in [3.63, 3.8) is 0 Å². The molecule has 0 amide bonds. The van der Waals surface area contributed by atoms with Crippen molar-refractivity contribution in [2.45, 2.75) is 6.42 Å². The van der Waals surface area contributed by atoms with Gasteiger partial charge >= 0.3 is 0 Å². The first-order valence-corrected chi connectivity index (χ1v) is 6.06. The van der Waals surface area contributed by atoms with Gasteiger partial charge in [0.25, 0.3) is 5.89 Å². The lowest BCUT2D eigenvalue weighted by Crippen LogP contribution is -2.03. The van der Waals surface area contributed by atoms with Crippen molar-refractivity contribution in [3.8, 4) is 28.7 Å². The first kappa shape index (κ1) is 14.1. The van der Waals surface area contributed by atoms with Crippen LogP contribution in [0.2, 0.25) is 0 Å².